The molecule has 1 amide bonds. The van der Waals surface area contributed by atoms with Crippen LogP contribution in [0.3, 0.4) is 0 Å². The number of thiophene rings is 1. The van der Waals surface area contributed by atoms with Crippen molar-refractivity contribution < 1.29 is 4.79 Å². The molecule has 0 aliphatic heterocycles. The SMILES string of the molecule is Cc1ccccc1-c1cc(C(=O)Nc2sc3c(c2C#N)CC[C@@H](C(C)(C)C)C3)c2ccccc2n1. The lowest BCUT2D eigenvalue weighted by atomic mass is 9.72. The second kappa shape index (κ2) is 8.94. The summed E-state index contributed by atoms with van der Waals surface area (Å²) in [5, 5.41) is 14.5. The molecule has 4 nitrogen and oxygen atoms in total. The van der Waals surface area contributed by atoms with Gasteiger partial charge in [-0.2, -0.15) is 5.26 Å². The van der Waals surface area contributed by atoms with Crippen molar-refractivity contribution in [1.29, 1.82) is 5.26 Å². The van der Waals surface area contributed by atoms with Crippen LogP contribution in [0.5, 0.6) is 0 Å². The lowest BCUT2D eigenvalue weighted by Gasteiger charge is -2.33. The number of carbonyl (C=O) groups excluding carboxylic acids is 1. The second-order valence-corrected chi connectivity index (χ2v) is 11.6. The fourth-order valence-electron chi connectivity index (χ4n) is 5.06. The van der Waals surface area contributed by atoms with Gasteiger partial charge in [0.25, 0.3) is 5.91 Å². The van der Waals surface area contributed by atoms with Gasteiger partial charge in [-0.15, -0.1) is 11.3 Å². The summed E-state index contributed by atoms with van der Waals surface area (Å²) >= 11 is 1.57. The molecule has 2 heterocycles. The Morgan fingerprint density at radius 1 is 1.14 bits per heavy atom. The van der Waals surface area contributed by atoms with Crippen molar-refractivity contribution in [3.63, 3.8) is 0 Å². The summed E-state index contributed by atoms with van der Waals surface area (Å²) in [5.41, 5.74) is 6.19. The molecule has 0 saturated carbocycles. The highest BCUT2D eigenvalue weighted by Gasteiger charge is 2.32. The molecule has 5 rings (SSSR count). The minimum Gasteiger partial charge on any atom is -0.312 e. The fourth-order valence-corrected chi connectivity index (χ4v) is 6.34. The zero-order valence-corrected chi connectivity index (χ0v) is 21.4. The van der Waals surface area contributed by atoms with Gasteiger partial charge in [-0.3, -0.25) is 4.79 Å². The first kappa shape index (κ1) is 23.3. The maximum Gasteiger partial charge on any atom is 0.257 e. The van der Waals surface area contributed by atoms with E-state index in [1.807, 2.05) is 61.5 Å². The van der Waals surface area contributed by atoms with Gasteiger partial charge in [0, 0.05) is 15.8 Å². The van der Waals surface area contributed by atoms with Crippen LogP contribution in [-0.4, -0.2) is 10.9 Å². The number of amides is 1. The summed E-state index contributed by atoms with van der Waals surface area (Å²) in [6, 6.07) is 20.0. The summed E-state index contributed by atoms with van der Waals surface area (Å²) in [6.45, 7) is 8.90. The molecule has 0 fully saturated rings. The Hall–Kier alpha value is -3.49. The topological polar surface area (TPSA) is 65.8 Å². The van der Waals surface area contributed by atoms with Gasteiger partial charge in [0.15, 0.2) is 0 Å². The standard InChI is InChI=1S/C30H29N3OS/c1-18-9-5-6-10-20(18)26-16-23(21-11-7-8-12-25(21)32-26)28(34)33-29-24(17-31)22-14-13-19(30(2,3)4)15-27(22)35-29/h5-12,16,19H,13-15H2,1-4H3,(H,33,34)/t19-/m1/s1. The largest absolute Gasteiger partial charge is 0.312 e. The van der Waals surface area contributed by atoms with Gasteiger partial charge in [0.2, 0.25) is 0 Å². The van der Waals surface area contributed by atoms with Crippen molar-refractivity contribution in [2.45, 2.75) is 47.0 Å². The van der Waals surface area contributed by atoms with Crippen molar-refractivity contribution in [3.05, 3.63) is 81.7 Å². The van der Waals surface area contributed by atoms with E-state index in [0.29, 0.717) is 22.0 Å². The quantitative estimate of drug-likeness (QED) is 0.330. The minimum atomic E-state index is -0.207. The van der Waals surface area contributed by atoms with Gasteiger partial charge in [0.05, 0.1) is 22.3 Å². The Morgan fingerprint density at radius 2 is 1.89 bits per heavy atom. The van der Waals surface area contributed by atoms with Crippen LogP contribution in [0.25, 0.3) is 22.2 Å². The third-order valence-electron chi connectivity index (χ3n) is 7.21. The number of nitrogens with zero attached hydrogens (tertiary/aromatic N) is 2. The van der Waals surface area contributed by atoms with Crippen LogP contribution < -0.4 is 5.32 Å². The lowest BCUT2D eigenvalue weighted by Crippen LogP contribution is -2.26. The number of benzene rings is 2. The van der Waals surface area contributed by atoms with E-state index in [4.69, 9.17) is 4.98 Å². The molecule has 0 bridgehead atoms. The van der Waals surface area contributed by atoms with Crippen LogP contribution in [-0.2, 0) is 12.8 Å². The van der Waals surface area contributed by atoms with Gasteiger partial charge in [0.1, 0.15) is 11.1 Å². The highest BCUT2D eigenvalue weighted by Crippen LogP contribution is 2.44. The van der Waals surface area contributed by atoms with Gasteiger partial charge >= 0.3 is 0 Å². The predicted molar refractivity (Wildman–Crippen MR) is 144 cm³/mol. The van der Waals surface area contributed by atoms with E-state index < -0.39 is 0 Å². The van der Waals surface area contributed by atoms with Crippen molar-refractivity contribution in [2.24, 2.45) is 11.3 Å². The third kappa shape index (κ3) is 4.35. The average Bonchev–Trinajstić information content (AvgIpc) is 3.19. The number of hydrogen-bond donors (Lipinski definition) is 1. The van der Waals surface area contributed by atoms with Crippen LogP contribution in [0.15, 0.2) is 54.6 Å². The molecular weight excluding hydrogens is 450 g/mol. The molecule has 1 N–H and O–H groups in total. The van der Waals surface area contributed by atoms with Gasteiger partial charge in [-0.25, -0.2) is 4.98 Å². The van der Waals surface area contributed by atoms with Gasteiger partial charge in [-0.05, 0) is 60.8 Å². The molecule has 4 aromatic rings. The highest BCUT2D eigenvalue weighted by atomic mass is 32.1. The molecule has 35 heavy (non-hydrogen) atoms. The molecule has 1 atom stereocenters. The van der Waals surface area contributed by atoms with E-state index in [1.54, 1.807) is 11.3 Å². The molecule has 0 radical (unpaired) electrons. The summed E-state index contributed by atoms with van der Waals surface area (Å²) in [5.74, 6) is 0.366. The Balaban J connectivity index is 1.54. The van der Waals surface area contributed by atoms with Crippen LogP contribution in [0.2, 0.25) is 0 Å². The number of pyridine rings is 1. The monoisotopic (exact) mass is 479 g/mol. The normalized spacial score (nSPS) is 15.5. The van der Waals surface area contributed by atoms with E-state index in [-0.39, 0.29) is 11.3 Å². The lowest BCUT2D eigenvalue weighted by molar-refractivity contribution is 0.102. The zero-order chi connectivity index (χ0) is 24.7. The molecule has 0 saturated heterocycles. The number of aromatic nitrogens is 1. The number of nitrogens with one attached hydrogen (secondary N) is 1. The average molecular weight is 480 g/mol. The maximum absolute atomic E-state index is 13.7. The molecule has 1 aliphatic carbocycles. The number of fused-ring (bicyclic) bond motifs is 2. The van der Waals surface area contributed by atoms with E-state index >= 15 is 0 Å². The molecule has 0 unspecified atom stereocenters. The molecular formula is C30H29N3OS. The van der Waals surface area contributed by atoms with Crippen molar-refractivity contribution in [3.8, 4) is 17.3 Å². The smallest absolute Gasteiger partial charge is 0.257 e. The number of aryl methyl sites for hydroxylation is 1. The summed E-state index contributed by atoms with van der Waals surface area (Å²) in [6.07, 6.45) is 2.93. The van der Waals surface area contributed by atoms with Gasteiger partial charge < -0.3 is 5.32 Å². The number of anilines is 1. The minimum absolute atomic E-state index is 0.207. The molecule has 0 spiro atoms. The zero-order valence-electron chi connectivity index (χ0n) is 20.6. The summed E-state index contributed by atoms with van der Waals surface area (Å²) in [7, 11) is 0. The molecule has 176 valence electrons. The number of hydrogen-bond acceptors (Lipinski definition) is 4. The van der Waals surface area contributed by atoms with Crippen LogP contribution >= 0.6 is 11.3 Å². The second-order valence-electron chi connectivity index (χ2n) is 10.5. The maximum atomic E-state index is 13.7. The first-order valence-corrected chi connectivity index (χ1v) is 12.9. The molecule has 5 heteroatoms. The fraction of sp³-hybridized carbons (Fsp3) is 0.300. The van der Waals surface area contributed by atoms with E-state index in [9.17, 15) is 10.1 Å². The first-order valence-electron chi connectivity index (χ1n) is 12.1. The van der Waals surface area contributed by atoms with Crippen molar-refractivity contribution in [2.75, 3.05) is 5.32 Å². The summed E-state index contributed by atoms with van der Waals surface area (Å²) < 4.78 is 0. The highest BCUT2D eigenvalue weighted by molar-refractivity contribution is 7.16. The van der Waals surface area contributed by atoms with Crippen molar-refractivity contribution in [1.82, 2.24) is 4.98 Å². The van der Waals surface area contributed by atoms with Crippen LogP contribution in [0, 0.1) is 29.6 Å². The number of rotatable bonds is 3. The van der Waals surface area contributed by atoms with Crippen LogP contribution in [0.4, 0.5) is 5.00 Å². The predicted octanol–water partition coefficient (Wildman–Crippen LogP) is 7.55. The summed E-state index contributed by atoms with van der Waals surface area (Å²) in [4.78, 5) is 19.7. The molecule has 1 aliphatic rings. The Bertz CT molecular complexity index is 1490. The Labute approximate surface area is 210 Å². The number of carbonyl (C=O) groups is 1. The molecule has 2 aromatic heterocycles. The Kier molecular flexibility index (Phi) is 5.94. The Morgan fingerprint density at radius 3 is 2.63 bits per heavy atom. The molecule has 2 aromatic carbocycles. The number of para-hydroxylation sites is 1. The third-order valence-corrected chi connectivity index (χ3v) is 8.38. The van der Waals surface area contributed by atoms with Gasteiger partial charge in [-0.1, -0.05) is 63.2 Å². The van der Waals surface area contributed by atoms with Crippen LogP contribution in [0.1, 0.15) is 59.1 Å². The first-order chi connectivity index (χ1) is 16.8. The van der Waals surface area contributed by atoms with E-state index in [0.717, 1.165) is 52.5 Å². The van der Waals surface area contributed by atoms with Crippen molar-refractivity contribution >= 4 is 33.1 Å². The van der Waals surface area contributed by atoms with E-state index in [2.05, 4.69) is 32.2 Å². The van der Waals surface area contributed by atoms with E-state index in [1.165, 1.54) is 4.88 Å². The number of nitriles is 1.